The predicted octanol–water partition coefficient (Wildman–Crippen LogP) is 5.36. The van der Waals surface area contributed by atoms with E-state index < -0.39 is 0 Å². The van der Waals surface area contributed by atoms with Gasteiger partial charge in [-0.2, -0.15) is 0 Å². The van der Waals surface area contributed by atoms with E-state index in [1.807, 2.05) is 36.4 Å². The van der Waals surface area contributed by atoms with Crippen LogP contribution in [0.25, 0.3) is 0 Å². The van der Waals surface area contributed by atoms with Crippen molar-refractivity contribution in [1.82, 2.24) is 0 Å². The maximum atomic E-state index is 12.2. The molecule has 0 spiro atoms. The lowest BCUT2D eigenvalue weighted by atomic mass is 10.1. The highest BCUT2D eigenvalue weighted by Crippen LogP contribution is 2.24. The summed E-state index contributed by atoms with van der Waals surface area (Å²) in [7, 11) is 0. The number of benzene rings is 2. The van der Waals surface area contributed by atoms with Gasteiger partial charge in [0.05, 0.1) is 5.56 Å². The van der Waals surface area contributed by atoms with Gasteiger partial charge in [-0.3, -0.25) is 4.79 Å². The molecule has 2 aromatic carbocycles. The van der Waals surface area contributed by atoms with Gasteiger partial charge in [-0.15, -0.1) is 0 Å². The molecule has 2 nitrogen and oxygen atoms in total. The van der Waals surface area contributed by atoms with Crippen LogP contribution in [0.3, 0.4) is 0 Å². The highest BCUT2D eigenvalue weighted by Gasteiger charge is 2.11. The summed E-state index contributed by atoms with van der Waals surface area (Å²) in [6.45, 7) is 0. The van der Waals surface area contributed by atoms with Crippen molar-refractivity contribution in [1.29, 1.82) is 0 Å². The monoisotopic (exact) mass is 445 g/mol. The number of anilines is 1. The zero-order valence-electron chi connectivity index (χ0n) is 9.79. The van der Waals surface area contributed by atoms with Crippen molar-refractivity contribution in [2.45, 2.75) is 5.33 Å². The Morgan fingerprint density at radius 3 is 2.53 bits per heavy atom. The normalized spacial score (nSPS) is 10.3. The average Bonchev–Trinajstić information content (AvgIpc) is 2.39. The van der Waals surface area contributed by atoms with Crippen LogP contribution >= 0.6 is 47.8 Å². The van der Waals surface area contributed by atoms with Crippen molar-refractivity contribution in [3.63, 3.8) is 0 Å². The van der Waals surface area contributed by atoms with Gasteiger partial charge >= 0.3 is 0 Å². The Morgan fingerprint density at radius 1 is 1.11 bits per heavy atom. The van der Waals surface area contributed by atoms with E-state index in [0.29, 0.717) is 10.9 Å². The lowest BCUT2D eigenvalue weighted by molar-refractivity contribution is 0.102. The Labute approximate surface area is 137 Å². The fraction of sp³-hybridized carbons (Fsp3) is 0.0714. The fourth-order valence-corrected chi connectivity index (χ4v) is 3.34. The van der Waals surface area contributed by atoms with Gasteiger partial charge in [-0.25, -0.2) is 0 Å². The number of para-hydroxylation sites is 1. The van der Waals surface area contributed by atoms with Gasteiger partial charge in [-0.05, 0) is 45.8 Å². The maximum absolute atomic E-state index is 12.2. The first-order valence-corrected chi connectivity index (χ1v) is 8.23. The number of carbonyl (C=O) groups excluding carboxylic acids is 1. The summed E-state index contributed by atoms with van der Waals surface area (Å²) in [4.78, 5) is 12.2. The molecule has 19 heavy (non-hydrogen) atoms. The summed E-state index contributed by atoms with van der Waals surface area (Å²) >= 11 is 10.2. The van der Waals surface area contributed by atoms with E-state index in [4.69, 9.17) is 0 Å². The van der Waals surface area contributed by atoms with Crippen LogP contribution in [-0.2, 0) is 5.33 Å². The molecule has 0 unspecified atom stereocenters. The highest BCUT2D eigenvalue weighted by atomic mass is 79.9. The number of hydrogen-bond acceptors (Lipinski definition) is 1. The second-order valence-electron chi connectivity index (χ2n) is 3.87. The minimum Gasteiger partial charge on any atom is -0.322 e. The number of carbonyl (C=O) groups is 1. The Morgan fingerprint density at radius 2 is 1.84 bits per heavy atom. The molecule has 0 saturated carbocycles. The molecule has 0 radical (unpaired) electrons. The zero-order chi connectivity index (χ0) is 13.8. The van der Waals surface area contributed by atoms with Crippen molar-refractivity contribution >= 4 is 59.4 Å². The van der Waals surface area contributed by atoms with Crippen molar-refractivity contribution in [2.75, 3.05) is 5.32 Å². The summed E-state index contributed by atoms with van der Waals surface area (Å²) in [6.07, 6.45) is 0. The predicted molar refractivity (Wildman–Crippen MR) is 88.9 cm³/mol. The van der Waals surface area contributed by atoms with Gasteiger partial charge in [0.15, 0.2) is 0 Å². The quantitative estimate of drug-likeness (QED) is 0.630. The van der Waals surface area contributed by atoms with E-state index in [1.54, 1.807) is 6.07 Å². The molecule has 5 heteroatoms. The van der Waals surface area contributed by atoms with Crippen LogP contribution in [0.1, 0.15) is 15.9 Å². The van der Waals surface area contributed by atoms with Gasteiger partial charge in [0, 0.05) is 20.0 Å². The highest BCUT2D eigenvalue weighted by molar-refractivity contribution is 9.11. The number of alkyl halides is 1. The van der Waals surface area contributed by atoms with Crippen LogP contribution in [0.5, 0.6) is 0 Å². The average molecular weight is 448 g/mol. The van der Waals surface area contributed by atoms with Crippen LogP contribution in [0.15, 0.2) is 51.4 Å². The van der Waals surface area contributed by atoms with Crippen LogP contribution in [0.4, 0.5) is 5.69 Å². The molecule has 98 valence electrons. The van der Waals surface area contributed by atoms with Gasteiger partial charge in [0.2, 0.25) is 0 Å². The molecule has 0 fully saturated rings. The first-order valence-electron chi connectivity index (χ1n) is 5.52. The van der Waals surface area contributed by atoms with Crippen LogP contribution in [0.2, 0.25) is 0 Å². The largest absolute Gasteiger partial charge is 0.322 e. The summed E-state index contributed by atoms with van der Waals surface area (Å²) < 4.78 is 1.69. The lowest BCUT2D eigenvalue weighted by Crippen LogP contribution is -2.13. The van der Waals surface area contributed by atoms with Crippen molar-refractivity contribution < 1.29 is 4.79 Å². The molecular weight excluding hydrogens is 438 g/mol. The van der Waals surface area contributed by atoms with Crippen molar-refractivity contribution in [2.24, 2.45) is 0 Å². The minimum absolute atomic E-state index is 0.132. The zero-order valence-corrected chi connectivity index (χ0v) is 14.5. The summed E-state index contributed by atoms with van der Waals surface area (Å²) in [5.41, 5.74) is 2.47. The van der Waals surface area contributed by atoms with E-state index in [2.05, 4.69) is 53.1 Å². The van der Waals surface area contributed by atoms with Gasteiger partial charge in [0.25, 0.3) is 5.91 Å². The molecule has 0 saturated heterocycles. The van der Waals surface area contributed by atoms with Gasteiger partial charge < -0.3 is 5.32 Å². The molecule has 1 N–H and O–H groups in total. The molecule has 2 aromatic rings. The van der Waals surface area contributed by atoms with E-state index in [0.717, 1.165) is 20.2 Å². The molecule has 1 amide bonds. The van der Waals surface area contributed by atoms with E-state index in [-0.39, 0.29) is 5.91 Å². The molecule has 0 bridgehead atoms. The third-order valence-corrected chi connectivity index (χ3v) is 4.34. The number of amides is 1. The Bertz CT molecular complexity index is 613. The fourth-order valence-electron chi connectivity index (χ4n) is 1.62. The summed E-state index contributed by atoms with van der Waals surface area (Å²) in [5, 5.41) is 3.62. The molecule has 0 aliphatic heterocycles. The molecule has 0 atom stereocenters. The smallest absolute Gasteiger partial charge is 0.256 e. The van der Waals surface area contributed by atoms with Crippen LogP contribution in [0, 0.1) is 0 Å². The molecule has 2 rings (SSSR count). The molecule has 0 aliphatic carbocycles. The van der Waals surface area contributed by atoms with E-state index in [9.17, 15) is 4.79 Å². The Hall–Kier alpha value is -0.650. The minimum atomic E-state index is -0.132. The van der Waals surface area contributed by atoms with Gasteiger partial charge in [0.1, 0.15) is 0 Å². The molecular formula is C14H10Br3NO. The van der Waals surface area contributed by atoms with Crippen molar-refractivity contribution in [3.05, 3.63) is 62.5 Å². The molecule has 0 aromatic heterocycles. The summed E-state index contributed by atoms with van der Waals surface area (Å²) in [6, 6.07) is 13.2. The summed E-state index contributed by atoms with van der Waals surface area (Å²) in [5.74, 6) is -0.132. The number of rotatable bonds is 3. The van der Waals surface area contributed by atoms with Crippen LogP contribution < -0.4 is 5.32 Å². The molecule has 0 heterocycles. The third kappa shape index (κ3) is 3.68. The second-order valence-corrected chi connectivity index (χ2v) is 6.20. The number of hydrogen-bond donors (Lipinski definition) is 1. The third-order valence-electron chi connectivity index (χ3n) is 2.59. The first-order chi connectivity index (χ1) is 9.11. The van der Waals surface area contributed by atoms with Gasteiger partial charge in [-0.1, -0.05) is 50.1 Å². The Balaban J connectivity index is 2.26. The van der Waals surface area contributed by atoms with Crippen molar-refractivity contribution in [3.8, 4) is 0 Å². The Kier molecular flexibility index (Phi) is 5.19. The topological polar surface area (TPSA) is 29.1 Å². The number of halogens is 3. The second kappa shape index (κ2) is 6.68. The standard InChI is InChI=1S/C14H10Br3NO/c15-8-9-3-1-2-4-13(9)18-14(19)11-6-5-10(16)7-12(11)17/h1-7H,8H2,(H,18,19). The van der Waals surface area contributed by atoms with E-state index >= 15 is 0 Å². The van der Waals surface area contributed by atoms with Crippen LogP contribution in [-0.4, -0.2) is 5.91 Å². The number of nitrogens with one attached hydrogen (secondary N) is 1. The molecule has 0 aliphatic rings. The maximum Gasteiger partial charge on any atom is 0.256 e. The lowest BCUT2D eigenvalue weighted by Gasteiger charge is -2.10. The first kappa shape index (κ1) is 14.8. The van der Waals surface area contributed by atoms with E-state index in [1.165, 1.54) is 0 Å². The SMILES string of the molecule is O=C(Nc1ccccc1CBr)c1ccc(Br)cc1Br.